The third-order valence-corrected chi connectivity index (χ3v) is 6.80. The first-order chi connectivity index (χ1) is 17.3. The van der Waals surface area contributed by atoms with E-state index in [4.69, 9.17) is 4.74 Å². The maximum Gasteiger partial charge on any atom is 0.302 e. The number of nitrogens with one attached hydrogen (secondary N) is 1. The molecule has 1 aliphatic heterocycles. The molecular formula is C29H27N3O4. The minimum atomic E-state index is -0.895. The second-order valence-corrected chi connectivity index (χ2v) is 9.01. The van der Waals surface area contributed by atoms with Crippen molar-refractivity contribution >= 4 is 34.4 Å². The number of ether oxygens (including phenoxy) is 1. The Morgan fingerprint density at radius 3 is 2.47 bits per heavy atom. The van der Waals surface area contributed by atoms with Crippen LogP contribution in [-0.2, 0) is 16.0 Å². The van der Waals surface area contributed by atoms with Crippen molar-refractivity contribution in [2.45, 2.75) is 33.2 Å². The molecule has 2 N–H and O–H groups in total. The summed E-state index contributed by atoms with van der Waals surface area (Å²) >= 11 is 0. The van der Waals surface area contributed by atoms with Crippen molar-refractivity contribution in [2.24, 2.45) is 0 Å². The van der Waals surface area contributed by atoms with Crippen molar-refractivity contribution in [1.82, 2.24) is 9.97 Å². The summed E-state index contributed by atoms with van der Waals surface area (Å²) < 4.78 is 5.40. The van der Waals surface area contributed by atoms with E-state index in [1.54, 1.807) is 43.5 Å². The minimum Gasteiger partial charge on any atom is -0.507 e. The van der Waals surface area contributed by atoms with Gasteiger partial charge in [0.25, 0.3) is 5.78 Å². The Labute approximate surface area is 209 Å². The van der Waals surface area contributed by atoms with Crippen LogP contribution in [0.2, 0.25) is 0 Å². The third kappa shape index (κ3) is 3.82. The molecule has 1 aliphatic rings. The number of aliphatic hydroxyl groups excluding tert-OH is 1. The Hall–Kier alpha value is -4.39. The van der Waals surface area contributed by atoms with E-state index in [1.807, 2.05) is 45.0 Å². The summed E-state index contributed by atoms with van der Waals surface area (Å²) in [4.78, 5) is 36.0. The van der Waals surface area contributed by atoms with E-state index < -0.39 is 17.7 Å². The van der Waals surface area contributed by atoms with Gasteiger partial charge < -0.3 is 14.8 Å². The quantitative estimate of drug-likeness (QED) is 0.227. The number of Topliss-reactive ketones (excluding diaryl/α,β-unsaturated/α-hetero) is 1. The van der Waals surface area contributed by atoms with E-state index in [1.165, 1.54) is 4.90 Å². The number of H-pyrrole nitrogens is 1. The topological polar surface area (TPSA) is 95.5 Å². The Morgan fingerprint density at radius 2 is 1.78 bits per heavy atom. The standard InChI is InChI=1S/C29H27N3O4/c1-5-18-9-11-19(12-10-18)26(33)24-25(20-7-6-8-21(15-20)36-4)32(28(35)27(24)34)29-30-22-13-16(2)17(3)14-23(22)31-29/h6-15,25,33H,5H2,1-4H3,(H,30,31)/b26-24+. The number of rotatable bonds is 5. The average molecular weight is 482 g/mol. The highest BCUT2D eigenvalue weighted by molar-refractivity contribution is 6.51. The molecule has 36 heavy (non-hydrogen) atoms. The monoisotopic (exact) mass is 481 g/mol. The Bertz CT molecular complexity index is 1490. The predicted octanol–water partition coefficient (Wildman–Crippen LogP) is 5.38. The van der Waals surface area contributed by atoms with Gasteiger partial charge in [-0.1, -0.05) is 43.3 Å². The van der Waals surface area contributed by atoms with E-state index in [2.05, 4.69) is 9.97 Å². The van der Waals surface area contributed by atoms with Crippen molar-refractivity contribution < 1.29 is 19.4 Å². The number of imidazole rings is 1. The normalized spacial score (nSPS) is 17.2. The van der Waals surface area contributed by atoms with Crippen molar-refractivity contribution in [2.75, 3.05) is 12.0 Å². The zero-order valence-electron chi connectivity index (χ0n) is 20.6. The van der Waals surface area contributed by atoms with Crippen LogP contribution in [0.4, 0.5) is 5.95 Å². The van der Waals surface area contributed by atoms with Crippen molar-refractivity contribution in [3.63, 3.8) is 0 Å². The zero-order valence-corrected chi connectivity index (χ0v) is 20.6. The summed E-state index contributed by atoms with van der Waals surface area (Å²) in [6.45, 7) is 6.04. The first-order valence-corrected chi connectivity index (χ1v) is 11.8. The summed E-state index contributed by atoms with van der Waals surface area (Å²) in [7, 11) is 1.55. The van der Waals surface area contributed by atoms with Gasteiger partial charge in [-0.25, -0.2) is 4.98 Å². The molecule has 7 nitrogen and oxygen atoms in total. The third-order valence-electron chi connectivity index (χ3n) is 6.80. The number of hydrogen-bond donors (Lipinski definition) is 2. The van der Waals surface area contributed by atoms with Crippen molar-refractivity contribution in [3.05, 3.63) is 94.1 Å². The Morgan fingerprint density at radius 1 is 1.06 bits per heavy atom. The lowest BCUT2D eigenvalue weighted by atomic mass is 9.95. The number of aromatic nitrogens is 2. The fraction of sp³-hybridized carbons (Fsp3) is 0.207. The lowest BCUT2D eigenvalue weighted by Crippen LogP contribution is -2.30. The smallest absolute Gasteiger partial charge is 0.302 e. The number of benzene rings is 3. The largest absolute Gasteiger partial charge is 0.507 e. The highest BCUT2D eigenvalue weighted by Gasteiger charge is 2.48. The second-order valence-electron chi connectivity index (χ2n) is 9.01. The number of carbonyl (C=O) groups is 2. The molecule has 0 radical (unpaired) electrons. The van der Waals surface area contributed by atoms with Crippen LogP contribution in [0.25, 0.3) is 16.8 Å². The molecule has 0 aliphatic carbocycles. The van der Waals surface area contributed by atoms with Gasteiger partial charge in [0.1, 0.15) is 11.5 Å². The molecule has 2 heterocycles. The molecule has 1 saturated heterocycles. The molecule has 3 aromatic carbocycles. The van der Waals surface area contributed by atoms with Gasteiger partial charge in [-0.2, -0.15) is 0 Å². The second kappa shape index (κ2) is 9.00. The van der Waals surface area contributed by atoms with Crippen LogP contribution >= 0.6 is 0 Å². The van der Waals surface area contributed by atoms with E-state index in [0.717, 1.165) is 28.6 Å². The number of amides is 1. The first-order valence-electron chi connectivity index (χ1n) is 11.8. The number of aryl methyl sites for hydroxylation is 3. The van der Waals surface area contributed by atoms with Gasteiger partial charge in [0.15, 0.2) is 0 Å². The summed E-state index contributed by atoms with van der Waals surface area (Å²) in [5, 5.41) is 11.3. The maximum atomic E-state index is 13.4. The van der Waals surface area contributed by atoms with Crippen LogP contribution in [0.1, 0.15) is 40.8 Å². The Kier molecular flexibility index (Phi) is 5.84. The number of methoxy groups -OCH3 is 1. The summed E-state index contributed by atoms with van der Waals surface area (Å²) in [6, 6.07) is 17.5. The summed E-state index contributed by atoms with van der Waals surface area (Å²) in [5.41, 5.74) is 5.79. The molecule has 1 unspecified atom stereocenters. The molecular weight excluding hydrogens is 454 g/mol. The van der Waals surface area contributed by atoms with Gasteiger partial charge in [0.05, 0.1) is 29.8 Å². The fourth-order valence-corrected chi connectivity index (χ4v) is 4.60. The number of carbonyl (C=O) groups excluding carboxylic acids is 2. The summed E-state index contributed by atoms with van der Waals surface area (Å²) in [6.07, 6.45) is 0.847. The molecule has 1 amide bonds. The van der Waals surface area contributed by atoms with Gasteiger partial charge in [-0.05, 0) is 66.8 Å². The number of anilines is 1. The number of fused-ring (bicyclic) bond motifs is 1. The minimum absolute atomic E-state index is 0.00492. The number of nitrogens with zero attached hydrogens (tertiary/aromatic N) is 2. The molecule has 0 saturated carbocycles. The van der Waals surface area contributed by atoms with Crippen LogP contribution in [0, 0.1) is 13.8 Å². The molecule has 7 heteroatoms. The SMILES string of the molecule is CCc1ccc(/C(O)=C2\C(=O)C(=O)N(c3nc4cc(C)c(C)cc4[nH]3)C2c2cccc(OC)c2)cc1. The first kappa shape index (κ1) is 23.4. The maximum absolute atomic E-state index is 13.4. The van der Waals surface area contributed by atoms with E-state index in [9.17, 15) is 14.7 Å². The van der Waals surface area contributed by atoms with E-state index >= 15 is 0 Å². The molecule has 1 atom stereocenters. The zero-order chi connectivity index (χ0) is 25.6. The number of aliphatic hydroxyl groups is 1. The molecule has 1 aromatic heterocycles. The van der Waals surface area contributed by atoms with E-state index in [-0.39, 0.29) is 17.3 Å². The van der Waals surface area contributed by atoms with Crippen molar-refractivity contribution in [3.8, 4) is 5.75 Å². The molecule has 182 valence electrons. The van der Waals surface area contributed by atoms with Gasteiger partial charge in [-0.3, -0.25) is 14.5 Å². The van der Waals surface area contributed by atoms with Gasteiger partial charge in [-0.15, -0.1) is 0 Å². The van der Waals surface area contributed by atoms with Crippen LogP contribution in [0.3, 0.4) is 0 Å². The average Bonchev–Trinajstić information content (AvgIpc) is 3.41. The molecule has 0 spiro atoms. The molecule has 4 aromatic rings. The lowest BCUT2D eigenvalue weighted by Gasteiger charge is -2.23. The molecule has 0 bridgehead atoms. The van der Waals surface area contributed by atoms with E-state index in [0.29, 0.717) is 22.4 Å². The highest BCUT2D eigenvalue weighted by atomic mass is 16.5. The number of hydrogen-bond acceptors (Lipinski definition) is 5. The highest BCUT2D eigenvalue weighted by Crippen LogP contribution is 2.42. The van der Waals surface area contributed by atoms with Gasteiger partial charge in [0, 0.05) is 5.56 Å². The molecule has 1 fully saturated rings. The van der Waals surface area contributed by atoms with Crippen LogP contribution in [-0.4, -0.2) is 33.9 Å². The molecule has 5 rings (SSSR count). The number of aromatic amines is 1. The lowest BCUT2D eigenvalue weighted by molar-refractivity contribution is -0.132. The van der Waals surface area contributed by atoms with Crippen LogP contribution < -0.4 is 9.64 Å². The fourth-order valence-electron chi connectivity index (χ4n) is 4.60. The van der Waals surface area contributed by atoms with Crippen LogP contribution in [0.5, 0.6) is 5.75 Å². The number of ketones is 1. The predicted molar refractivity (Wildman–Crippen MR) is 139 cm³/mol. The van der Waals surface area contributed by atoms with Gasteiger partial charge in [0.2, 0.25) is 5.95 Å². The summed E-state index contributed by atoms with van der Waals surface area (Å²) in [5.74, 6) is -0.949. The van der Waals surface area contributed by atoms with Crippen LogP contribution in [0.15, 0.2) is 66.2 Å². The van der Waals surface area contributed by atoms with Crippen molar-refractivity contribution in [1.29, 1.82) is 0 Å². The van der Waals surface area contributed by atoms with Gasteiger partial charge >= 0.3 is 5.91 Å². The Balaban J connectivity index is 1.72.